The van der Waals surface area contributed by atoms with Gasteiger partial charge in [-0.15, -0.1) is 0 Å². The standard InChI is InChI=1S/C20H24ClFN2O4S/c1-14(15-6-8-16(22)9-7-15)23-20(25)5-4-12-24(29(3,26)27)17-10-11-19(28-2)18(21)13-17/h6-11,13-14H,4-5,12H2,1-3H3,(H,23,25)/t14-/m1/s1. The highest BCUT2D eigenvalue weighted by Crippen LogP contribution is 2.30. The van der Waals surface area contributed by atoms with Crippen molar-refractivity contribution >= 4 is 33.2 Å². The zero-order chi connectivity index (χ0) is 21.6. The van der Waals surface area contributed by atoms with Crippen LogP contribution in [0, 0.1) is 5.82 Å². The summed E-state index contributed by atoms with van der Waals surface area (Å²) in [5, 5.41) is 3.12. The molecule has 0 fully saturated rings. The van der Waals surface area contributed by atoms with Crippen LogP contribution in [0.1, 0.15) is 31.4 Å². The highest BCUT2D eigenvalue weighted by atomic mass is 35.5. The van der Waals surface area contributed by atoms with Crippen molar-refractivity contribution in [2.24, 2.45) is 0 Å². The van der Waals surface area contributed by atoms with Gasteiger partial charge in [-0.25, -0.2) is 12.8 Å². The van der Waals surface area contributed by atoms with Gasteiger partial charge in [0.25, 0.3) is 0 Å². The van der Waals surface area contributed by atoms with Crippen LogP contribution in [0.4, 0.5) is 10.1 Å². The minimum Gasteiger partial charge on any atom is -0.495 e. The molecule has 29 heavy (non-hydrogen) atoms. The molecule has 0 spiro atoms. The van der Waals surface area contributed by atoms with E-state index in [9.17, 15) is 17.6 Å². The molecule has 0 heterocycles. The van der Waals surface area contributed by atoms with Gasteiger partial charge in [-0.05, 0) is 49.2 Å². The van der Waals surface area contributed by atoms with Crippen LogP contribution >= 0.6 is 11.6 Å². The average molecular weight is 443 g/mol. The first-order valence-electron chi connectivity index (χ1n) is 8.98. The SMILES string of the molecule is COc1ccc(N(CCCC(=O)N[C@H](C)c2ccc(F)cc2)S(C)(=O)=O)cc1Cl. The molecule has 0 saturated carbocycles. The van der Waals surface area contributed by atoms with Gasteiger partial charge in [0.2, 0.25) is 15.9 Å². The fourth-order valence-corrected chi connectivity index (χ4v) is 4.04. The van der Waals surface area contributed by atoms with E-state index in [4.69, 9.17) is 16.3 Å². The lowest BCUT2D eigenvalue weighted by molar-refractivity contribution is -0.121. The fraction of sp³-hybridized carbons (Fsp3) is 0.350. The van der Waals surface area contributed by atoms with E-state index >= 15 is 0 Å². The Kier molecular flexibility index (Phi) is 7.87. The molecule has 0 aliphatic heterocycles. The van der Waals surface area contributed by atoms with Crippen molar-refractivity contribution in [1.29, 1.82) is 0 Å². The Labute approximate surface area is 175 Å². The van der Waals surface area contributed by atoms with E-state index < -0.39 is 10.0 Å². The molecule has 6 nitrogen and oxygen atoms in total. The third-order valence-corrected chi connectivity index (χ3v) is 5.83. The molecule has 2 rings (SSSR count). The third kappa shape index (κ3) is 6.61. The van der Waals surface area contributed by atoms with E-state index in [1.54, 1.807) is 31.2 Å². The highest BCUT2D eigenvalue weighted by Gasteiger charge is 2.19. The number of hydrogen-bond donors (Lipinski definition) is 1. The number of rotatable bonds is 9. The normalized spacial score (nSPS) is 12.3. The number of halogens is 2. The summed E-state index contributed by atoms with van der Waals surface area (Å²) in [5.41, 5.74) is 1.18. The molecule has 0 bridgehead atoms. The quantitative estimate of drug-likeness (QED) is 0.638. The number of carbonyl (C=O) groups excluding carboxylic acids is 1. The van der Waals surface area contributed by atoms with Gasteiger partial charge in [0, 0.05) is 13.0 Å². The topological polar surface area (TPSA) is 75.7 Å². The van der Waals surface area contributed by atoms with Gasteiger partial charge in [0.05, 0.1) is 30.1 Å². The molecule has 0 unspecified atom stereocenters. The summed E-state index contributed by atoms with van der Waals surface area (Å²) in [6.45, 7) is 1.92. The van der Waals surface area contributed by atoms with Crippen LogP contribution < -0.4 is 14.4 Å². The summed E-state index contributed by atoms with van der Waals surface area (Å²) >= 11 is 6.10. The van der Waals surface area contributed by atoms with Crippen molar-refractivity contribution in [3.8, 4) is 5.75 Å². The van der Waals surface area contributed by atoms with Crippen molar-refractivity contribution < 1.29 is 22.3 Å². The van der Waals surface area contributed by atoms with Crippen molar-refractivity contribution in [3.63, 3.8) is 0 Å². The predicted molar refractivity (Wildman–Crippen MR) is 112 cm³/mol. The number of nitrogens with one attached hydrogen (secondary N) is 1. The molecular formula is C20H24ClFN2O4S. The highest BCUT2D eigenvalue weighted by molar-refractivity contribution is 7.92. The van der Waals surface area contributed by atoms with Gasteiger partial charge in [-0.3, -0.25) is 9.10 Å². The van der Waals surface area contributed by atoms with Gasteiger partial charge in [-0.2, -0.15) is 0 Å². The van der Waals surface area contributed by atoms with Crippen LogP contribution in [0.15, 0.2) is 42.5 Å². The Hall–Kier alpha value is -2.32. The Morgan fingerprint density at radius 1 is 1.24 bits per heavy atom. The van der Waals surface area contributed by atoms with Gasteiger partial charge in [0.1, 0.15) is 11.6 Å². The van der Waals surface area contributed by atoms with Crippen LogP contribution in [-0.4, -0.2) is 34.2 Å². The largest absolute Gasteiger partial charge is 0.495 e. The predicted octanol–water partition coefficient (Wildman–Crippen LogP) is 3.91. The van der Waals surface area contributed by atoms with Gasteiger partial charge in [-0.1, -0.05) is 23.7 Å². The molecule has 0 aromatic heterocycles. The number of hydrogen-bond acceptors (Lipinski definition) is 4. The maximum Gasteiger partial charge on any atom is 0.232 e. The third-order valence-electron chi connectivity index (χ3n) is 4.34. The first-order chi connectivity index (χ1) is 13.6. The van der Waals surface area contributed by atoms with E-state index in [1.807, 2.05) is 0 Å². The second-order valence-electron chi connectivity index (χ2n) is 6.60. The molecule has 1 atom stereocenters. The van der Waals surface area contributed by atoms with Crippen LogP contribution in [0.5, 0.6) is 5.75 Å². The molecule has 2 aromatic carbocycles. The lowest BCUT2D eigenvalue weighted by atomic mass is 10.1. The number of amides is 1. The zero-order valence-electron chi connectivity index (χ0n) is 16.5. The van der Waals surface area contributed by atoms with Crippen molar-refractivity contribution in [3.05, 3.63) is 58.9 Å². The summed E-state index contributed by atoms with van der Waals surface area (Å²) in [4.78, 5) is 12.2. The number of anilines is 1. The summed E-state index contributed by atoms with van der Waals surface area (Å²) in [5.74, 6) is -0.118. The number of ether oxygens (including phenoxy) is 1. The Balaban J connectivity index is 1.97. The maximum absolute atomic E-state index is 13.0. The Morgan fingerprint density at radius 3 is 2.45 bits per heavy atom. The molecule has 0 aliphatic rings. The fourth-order valence-electron chi connectivity index (χ4n) is 2.83. The summed E-state index contributed by atoms with van der Waals surface area (Å²) in [7, 11) is -2.08. The molecule has 1 amide bonds. The second kappa shape index (κ2) is 9.93. The molecule has 2 aromatic rings. The van der Waals surface area contributed by atoms with Crippen LogP contribution in [0.3, 0.4) is 0 Å². The first-order valence-corrected chi connectivity index (χ1v) is 11.2. The molecule has 158 valence electrons. The molecular weight excluding hydrogens is 419 g/mol. The van der Waals surface area contributed by atoms with Gasteiger partial charge < -0.3 is 10.1 Å². The molecule has 0 aliphatic carbocycles. The lowest BCUT2D eigenvalue weighted by Crippen LogP contribution is -2.32. The van der Waals surface area contributed by atoms with Crippen molar-refractivity contribution in [2.75, 3.05) is 24.2 Å². The van der Waals surface area contributed by atoms with Gasteiger partial charge >= 0.3 is 0 Å². The van der Waals surface area contributed by atoms with Crippen LogP contribution in [0.25, 0.3) is 0 Å². The lowest BCUT2D eigenvalue weighted by Gasteiger charge is -2.23. The Morgan fingerprint density at radius 2 is 1.90 bits per heavy atom. The van der Waals surface area contributed by atoms with Gasteiger partial charge in [0.15, 0.2) is 0 Å². The van der Waals surface area contributed by atoms with Crippen molar-refractivity contribution in [2.45, 2.75) is 25.8 Å². The molecule has 9 heteroatoms. The van der Waals surface area contributed by atoms with E-state index in [0.29, 0.717) is 22.9 Å². The number of carbonyl (C=O) groups is 1. The van der Waals surface area contributed by atoms with E-state index in [0.717, 1.165) is 11.8 Å². The maximum atomic E-state index is 13.0. The first kappa shape index (κ1) is 23.0. The van der Waals surface area contributed by atoms with Crippen LogP contribution in [0.2, 0.25) is 5.02 Å². The molecule has 0 saturated heterocycles. The second-order valence-corrected chi connectivity index (χ2v) is 8.91. The monoisotopic (exact) mass is 442 g/mol. The average Bonchev–Trinajstić information content (AvgIpc) is 2.64. The summed E-state index contributed by atoms with van der Waals surface area (Å²) < 4.78 is 43.7. The smallest absolute Gasteiger partial charge is 0.232 e. The van der Waals surface area contributed by atoms with E-state index in [1.165, 1.54) is 29.6 Å². The van der Waals surface area contributed by atoms with E-state index in [2.05, 4.69) is 5.32 Å². The summed E-state index contributed by atoms with van der Waals surface area (Å²) in [6, 6.07) is 10.3. The number of benzene rings is 2. The minimum atomic E-state index is -3.56. The number of nitrogens with zero attached hydrogens (tertiary/aromatic N) is 1. The number of sulfonamides is 1. The van der Waals surface area contributed by atoms with E-state index in [-0.39, 0.29) is 30.7 Å². The zero-order valence-corrected chi connectivity index (χ0v) is 18.1. The van der Waals surface area contributed by atoms with Crippen molar-refractivity contribution in [1.82, 2.24) is 5.32 Å². The van der Waals surface area contributed by atoms with Crippen LogP contribution in [-0.2, 0) is 14.8 Å². The molecule has 1 N–H and O–H groups in total. The minimum absolute atomic E-state index is 0.125. The number of methoxy groups -OCH3 is 1. The molecule has 0 radical (unpaired) electrons. The Bertz CT molecular complexity index is 951. The summed E-state index contributed by atoms with van der Waals surface area (Å²) in [6.07, 6.45) is 1.56.